The van der Waals surface area contributed by atoms with Crippen LogP contribution in [0, 0.1) is 12.3 Å². The molecule has 5 nitrogen and oxygen atoms in total. The highest BCUT2D eigenvalue weighted by Gasteiger charge is 2.45. The highest BCUT2D eigenvalue weighted by molar-refractivity contribution is 5.87. The van der Waals surface area contributed by atoms with Crippen LogP contribution < -0.4 is 10.6 Å². The Balaban J connectivity index is 2.36. The van der Waals surface area contributed by atoms with Gasteiger partial charge in [0.05, 0.1) is 0 Å². The zero-order valence-electron chi connectivity index (χ0n) is 8.38. The average Bonchev–Trinajstić information content (AvgIpc) is 2.11. The van der Waals surface area contributed by atoms with Crippen molar-refractivity contribution in [3.05, 3.63) is 0 Å². The van der Waals surface area contributed by atoms with Gasteiger partial charge in [-0.1, -0.05) is 0 Å². The number of rotatable bonds is 4. The summed E-state index contributed by atoms with van der Waals surface area (Å²) in [6.07, 6.45) is 7.26. The topological polar surface area (TPSA) is 78.4 Å². The van der Waals surface area contributed by atoms with Gasteiger partial charge < -0.3 is 15.7 Å². The molecule has 0 aromatic heterocycles. The van der Waals surface area contributed by atoms with E-state index in [2.05, 4.69) is 16.6 Å². The summed E-state index contributed by atoms with van der Waals surface area (Å²) in [5.41, 5.74) is -1.06. The zero-order valence-corrected chi connectivity index (χ0v) is 8.38. The van der Waals surface area contributed by atoms with E-state index in [0.29, 0.717) is 25.8 Å². The molecular formula is C10H14N2O3. The van der Waals surface area contributed by atoms with Gasteiger partial charge in [-0.25, -0.2) is 9.59 Å². The Morgan fingerprint density at radius 3 is 2.53 bits per heavy atom. The van der Waals surface area contributed by atoms with Crippen molar-refractivity contribution in [2.75, 3.05) is 6.54 Å². The van der Waals surface area contributed by atoms with Gasteiger partial charge in [0.1, 0.15) is 5.54 Å². The fourth-order valence-electron chi connectivity index (χ4n) is 1.43. The van der Waals surface area contributed by atoms with Crippen LogP contribution in [0.5, 0.6) is 0 Å². The summed E-state index contributed by atoms with van der Waals surface area (Å²) < 4.78 is 0. The van der Waals surface area contributed by atoms with Crippen molar-refractivity contribution in [2.24, 2.45) is 0 Å². The Labute approximate surface area is 88.2 Å². The molecule has 82 valence electrons. The third-order valence-corrected chi connectivity index (χ3v) is 2.52. The van der Waals surface area contributed by atoms with Gasteiger partial charge in [-0.2, -0.15) is 0 Å². The van der Waals surface area contributed by atoms with Crippen LogP contribution in [0.2, 0.25) is 0 Å². The molecule has 0 saturated heterocycles. The van der Waals surface area contributed by atoms with Gasteiger partial charge in [-0.3, -0.25) is 0 Å². The number of aliphatic carboxylic acids is 1. The second-order valence-corrected chi connectivity index (χ2v) is 3.58. The Bertz CT molecular complexity index is 302. The Morgan fingerprint density at radius 2 is 2.13 bits per heavy atom. The lowest BCUT2D eigenvalue weighted by atomic mass is 9.77. The van der Waals surface area contributed by atoms with Crippen LogP contribution in [0.4, 0.5) is 4.79 Å². The first-order valence-electron chi connectivity index (χ1n) is 4.83. The summed E-state index contributed by atoms with van der Waals surface area (Å²) in [6, 6.07) is -0.465. The fraction of sp³-hybridized carbons (Fsp3) is 0.600. The molecule has 0 aromatic rings. The van der Waals surface area contributed by atoms with Crippen LogP contribution in [0.25, 0.3) is 0 Å². The van der Waals surface area contributed by atoms with E-state index in [0.717, 1.165) is 6.42 Å². The van der Waals surface area contributed by atoms with E-state index in [1.165, 1.54) is 0 Å². The molecule has 0 radical (unpaired) electrons. The predicted molar refractivity (Wildman–Crippen MR) is 54.2 cm³/mol. The molecule has 1 aliphatic carbocycles. The number of amides is 2. The van der Waals surface area contributed by atoms with Crippen molar-refractivity contribution in [1.82, 2.24) is 10.6 Å². The minimum absolute atomic E-state index is 0.359. The molecule has 0 bridgehead atoms. The monoisotopic (exact) mass is 210 g/mol. The normalized spacial score (nSPS) is 17.0. The van der Waals surface area contributed by atoms with Crippen molar-refractivity contribution < 1.29 is 14.7 Å². The predicted octanol–water partition coefficient (Wildman–Crippen LogP) is 0.316. The summed E-state index contributed by atoms with van der Waals surface area (Å²) in [5, 5.41) is 13.9. The van der Waals surface area contributed by atoms with E-state index in [-0.39, 0.29) is 0 Å². The van der Waals surface area contributed by atoms with E-state index >= 15 is 0 Å². The first-order valence-corrected chi connectivity index (χ1v) is 4.83. The molecular weight excluding hydrogens is 196 g/mol. The van der Waals surface area contributed by atoms with Crippen molar-refractivity contribution in [3.63, 3.8) is 0 Å². The number of carboxylic acid groups (broad SMARTS) is 1. The van der Waals surface area contributed by atoms with Crippen molar-refractivity contribution in [3.8, 4) is 12.3 Å². The lowest BCUT2D eigenvalue weighted by Crippen LogP contribution is -2.61. The maximum atomic E-state index is 11.3. The van der Waals surface area contributed by atoms with Gasteiger partial charge >= 0.3 is 12.0 Å². The van der Waals surface area contributed by atoms with Gasteiger partial charge in [-0.15, -0.1) is 12.3 Å². The Morgan fingerprint density at radius 1 is 1.47 bits per heavy atom. The van der Waals surface area contributed by atoms with Gasteiger partial charge in [-0.05, 0) is 19.3 Å². The molecule has 2 amide bonds. The maximum absolute atomic E-state index is 11.3. The molecule has 0 unspecified atom stereocenters. The van der Waals surface area contributed by atoms with E-state index in [4.69, 9.17) is 11.5 Å². The third kappa shape index (κ3) is 2.62. The summed E-state index contributed by atoms with van der Waals surface area (Å²) in [5.74, 6) is 1.41. The zero-order chi connectivity index (χ0) is 11.3. The summed E-state index contributed by atoms with van der Waals surface area (Å²) in [4.78, 5) is 22.2. The van der Waals surface area contributed by atoms with Crippen LogP contribution in [0.15, 0.2) is 0 Å². The van der Waals surface area contributed by atoms with Gasteiger partial charge in [0.25, 0.3) is 0 Å². The van der Waals surface area contributed by atoms with E-state index in [1.54, 1.807) is 0 Å². The third-order valence-electron chi connectivity index (χ3n) is 2.52. The van der Waals surface area contributed by atoms with Crippen molar-refractivity contribution in [2.45, 2.75) is 31.2 Å². The summed E-state index contributed by atoms with van der Waals surface area (Å²) >= 11 is 0. The number of urea groups is 1. The molecule has 0 atom stereocenters. The molecule has 5 heteroatoms. The van der Waals surface area contributed by atoms with Gasteiger partial charge in [0, 0.05) is 13.0 Å². The van der Waals surface area contributed by atoms with Crippen LogP contribution in [-0.4, -0.2) is 29.2 Å². The average molecular weight is 210 g/mol. The highest BCUT2D eigenvalue weighted by atomic mass is 16.4. The summed E-state index contributed by atoms with van der Waals surface area (Å²) in [6.45, 7) is 0.359. The molecule has 1 fully saturated rings. The van der Waals surface area contributed by atoms with E-state index in [1.807, 2.05) is 0 Å². The lowest BCUT2D eigenvalue weighted by Gasteiger charge is -2.38. The molecule has 0 heterocycles. The number of nitrogens with one attached hydrogen (secondary N) is 2. The highest BCUT2D eigenvalue weighted by Crippen LogP contribution is 2.31. The minimum Gasteiger partial charge on any atom is -0.480 e. The molecule has 0 aliphatic heterocycles. The molecule has 15 heavy (non-hydrogen) atoms. The quantitative estimate of drug-likeness (QED) is 0.461. The number of carbonyl (C=O) groups excluding carboxylic acids is 1. The fourth-order valence-corrected chi connectivity index (χ4v) is 1.43. The number of terminal acetylenes is 1. The second kappa shape index (κ2) is 4.69. The minimum atomic E-state index is -1.06. The Hall–Kier alpha value is -1.70. The van der Waals surface area contributed by atoms with Crippen LogP contribution in [-0.2, 0) is 4.79 Å². The molecule has 3 N–H and O–H groups in total. The largest absolute Gasteiger partial charge is 0.480 e. The summed E-state index contributed by atoms with van der Waals surface area (Å²) in [7, 11) is 0. The Kier molecular flexibility index (Phi) is 3.56. The van der Waals surface area contributed by atoms with Crippen molar-refractivity contribution in [1.29, 1.82) is 0 Å². The van der Waals surface area contributed by atoms with Crippen LogP contribution in [0.3, 0.4) is 0 Å². The second-order valence-electron chi connectivity index (χ2n) is 3.58. The van der Waals surface area contributed by atoms with Crippen LogP contribution in [0.1, 0.15) is 25.7 Å². The SMILES string of the molecule is C#CCCNC(=O)NC1(C(=O)O)CCC1. The smallest absolute Gasteiger partial charge is 0.329 e. The van der Waals surface area contributed by atoms with Gasteiger partial charge in [0.2, 0.25) is 0 Å². The molecule has 0 aromatic carbocycles. The number of hydrogen-bond acceptors (Lipinski definition) is 2. The first-order chi connectivity index (χ1) is 7.10. The first kappa shape index (κ1) is 11.4. The van der Waals surface area contributed by atoms with Crippen molar-refractivity contribution >= 4 is 12.0 Å². The standard InChI is InChI=1S/C10H14N2O3/c1-2-3-7-11-9(15)12-10(8(13)14)5-4-6-10/h1H,3-7H2,(H,13,14)(H2,11,12,15). The lowest BCUT2D eigenvalue weighted by molar-refractivity contribution is -0.148. The van der Waals surface area contributed by atoms with Crippen LogP contribution >= 0.6 is 0 Å². The van der Waals surface area contributed by atoms with E-state index in [9.17, 15) is 9.59 Å². The molecule has 1 aliphatic rings. The molecule has 0 spiro atoms. The number of carboxylic acids is 1. The number of carbonyl (C=O) groups is 2. The number of hydrogen-bond donors (Lipinski definition) is 3. The van der Waals surface area contributed by atoms with E-state index < -0.39 is 17.5 Å². The molecule has 1 saturated carbocycles. The van der Waals surface area contributed by atoms with Gasteiger partial charge in [0.15, 0.2) is 0 Å². The maximum Gasteiger partial charge on any atom is 0.329 e. The molecule has 1 rings (SSSR count).